The molecule has 1 aromatic heterocycles. The van der Waals surface area contributed by atoms with Crippen LogP contribution in [0.4, 0.5) is 5.13 Å². The van der Waals surface area contributed by atoms with Crippen LogP contribution in [0.5, 0.6) is 5.75 Å². The molecule has 0 radical (unpaired) electrons. The highest BCUT2D eigenvalue weighted by Crippen LogP contribution is 2.26. The van der Waals surface area contributed by atoms with Crippen LogP contribution >= 0.6 is 34.5 Å². The van der Waals surface area contributed by atoms with Gasteiger partial charge in [0.15, 0.2) is 5.13 Å². The predicted octanol–water partition coefficient (Wildman–Crippen LogP) is 5.30. The van der Waals surface area contributed by atoms with E-state index in [4.69, 9.17) is 27.9 Å². The van der Waals surface area contributed by atoms with E-state index < -0.39 is 0 Å². The van der Waals surface area contributed by atoms with Crippen LogP contribution in [-0.2, 0) is 6.61 Å². The molecule has 1 fully saturated rings. The average Bonchev–Trinajstić information content (AvgIpc) is 3.19. The number of benzene rings is 2. The minimum Gasteiger partial charge on any atom is -0.488 e. The Bertz CT molecular complexity index is 1050. The Labute approximate surface area is 189 Å². The number of para-hydroxylation sites is 1. The van der Waals surface area contributed by atoms with Crippen molar-refractivity contribution in [3.63, 3.8) is 0 Å². The van der Waals surface area contributed by atoms with Crippen LogP contribution in [-0.4, -0.2) is 42.0 Å². The third-order valence-electron chi connectivity index (χ3n) is 4.96. The number of hydrogen-bond donors (Lipinski definition) is 0. The molecule has 1 aliphatic rings. The van der Waals surface area contributed by atoms with E-state index in [2.05, 4.69) is 9.88 Å². The first-order chi connectivity index (χ1) is 14.5. The summed E-state index contributed by atoms with van der Waals surface area (Å²) in [6, 6.07) is 12.6. The molecule has 1 amide bonds. The highest BCUT2D eigenvalue weighted by molar-refractivity contribution is 7.13. The van der Waals surface area contributed by atoms with Gasteiger partial charge >= 0.3 is 0 Å². The van der Waals surface area contributed by atoms with Crippen LogP contribution in [0.1, 0.15) is 21.6 Å². The zero-order chi connectivity index (χ0) is 21.1. The van der Waals surface area contributed by atoms with Crippen molar-refractivity contribution in [2.75, 3.05) is 31.1 Å². The van der Waals surface area contributed by atoms with E-state index in [1.807, 2.05) is 41.5 Å². The van der Waals surface area contributed by atoms with Crippen molar-refractivity contribution < 1.29 is 9.53 Å². The number of carbonyl (C=O) groups excluding carboxylic acids is 1. The van der Waals surface area contributed by atoms with E-state index in [9.17, 15) is 4.79 Å². The van der Waals surface area contributed by atoms with Gasteiger partial charge in [0.2, 0.25) is 0 Å². The number of halogens is 2. The van der Waals surface area contributed by atoms with Crippen LogP contribution in [0.15, 0.2) is 47.8 Å². The second kappa shape index (κ2) is 9.25. The fraction of sp³-hybridized carbons (Fsp3) is 0.273. The monoisotopic (exact) mass is 461 g/mol. The Morgan fingerprint density at radius 1 is 1.13 bits per heavy atom. The molecule has 3 aromatic rings. The maximum atomic E-state index is 13.2. The van der Waals surface area contributed by atoms with Gasteiger partial charge in [-0.25, -0.2) is 4.98 Å². The topological polar surface area (TPSA) is 45.7 Å². The molecule has 0 atom stereocenters. The number of aromatic nitrogens is 1. The first-order valence-electron chi connectivity index (χ1n) is 9.63. The molecule has 0 N–H and O–H groups in total. The zero-order valence-corrected chi connectivity index (χ0v) is 18.8. The van der Waals surface area contributed by atoms with Crippen LogP contribution < -0.4 is 9.64 Å². The Morgan fingerprint density at radius 2 is 1.90 bits per heavy atom. The number of piperazine rings is 1. The Kier molecular flexibility index (Phi) is 6.46. The van der Waals surface area contributed by atoms with Crippen molar-refractivity contribution in [3.05, 3.63) is 74.7 Å². The van der Waals surface area contributed by atoms with Gasteiger partial charge in [-0.05, 0) is 31.2 Å². The summed E-state index contributed by atoms with van der Waals surface area (Å²) in [7, 11) is 0. The quantitative estimate of drug-likeness (QED) is 0.516. The van der Waals surface area contributed by atoms with Crippen molar-refractivity contribution in [1.29, 1.82) is 0 Å². The molecular weight excluding hydrogens is 441 g/mol. The number of hydrogen-bond acceptors (Lipinski definition) is 5. The minimum atomic E-state index is -0.0252. The fourth-order valence-corrected chi connectivity index (χ4v) is 4.64. The summed E-state index contributed by atoms with van der Waals surface area (Å²) in [4.78, 5) is 21.8. The fourth-order valence-electron chi connectivity index (χ4n) is 3.32. The predicted molar refractivity (Wildman–Crippen MR) is 122 cm³/mol. The number of thiazole rings is 1. The lowest BCUT2D eigenvalue weighted by Gasteiger charge is -2.34. The summed E-state index contributed by atoms with van der Waals surface area (Å²) in [5.74, 6) is 0.522. The smallest absolute Gasteiger partial charge is 0.257 e. The lowest BCUT2D eigenvalue weighted by atomic mass is 10.1. The number of aryl methyl sites for hydroxylation is 1. The third kappa shape index (κ3) is 4.72. The number of rotatable bonds is 5. The number of ether oxygens (including phenoxy) is 1. The molecule has 0 saturated carbocycles. The summed E-state index contributed by atoms with van der Waals surface area (Å²) in [5, 5.41) is 4.18. The van der Waals surface area contributed by atoms with Gasteiger partial charge in [0, 0.05) is 47.2 Å². The highest BCUT2D eigenvalue weighted by Gasteiger charge is 2.25. The minimum absolute atomic E-state index is 0.0252. The summed E-state index contributed by atoms with van der Waals surface area (Å²) in [5.41, 5.74) is 2.40. The van der Waals surface area contributed by atoms with Crippen LogP contribution in [0.3, 0.4) is 0 Å². The maximum Gasteiger partial charge on any atom is 0.257 e. The zero-order valence-electron chi connectivity index (χ0n) is 16.5. The molecule has 2 aromatic carbocycles. The molecule has 2 heterocycles. The van der Waals surface area contributed by atoms with E-state index in [0.29, 0.717) is 34.4 Å². The highest BCUT2D eigenvalue weighted by atomic mass is 35.5. The van der Waals surface area contributed by atoms with E-state index in [1.54, 1.807) is 29.5 Å². The normalized spacial score (nSPS) is 14.1. The van der Waals surface area contributed by atoms with Crippen LogP contribution in [0.25, 0.3) is 0 Å². The van der Waals surface area contributed by atoms with Gasteiger partial charge in [-0.15, -0.1) is 11.3 Å². The molecular formula is C22H21Cl2N3O2S. The van der Waals surface area contributed by atoms with Crippen molar-refractivity contribution in [1.82, 2.24) is 9.88 Å². The molecule has 1 saturated heterocycles. The van der Waals surface area contributed by atoms with Crippen molar-refractivity contribution in [2.24, 2.45) is 0 Å². The third-order valence-corrected chi connectivity index (χ3v) is 6.57. The molecule has 8 heteroatoms. The molecule has 1 aliphatic heterocycles. The van der Waals surface area contributed by atoms with Crippen LogP contribution in [0, 0.1) is 6.92 Å². The van der Waals surface area contributed by atoms with E-state index in [-0.39, 0.29) is 12.5 Å². The summed E-state index contributed by atoms with van der Waals surface area (Å²) >= 11 is 13.8. The molecule has 0 unspecified atom stereocenters. The van der Waals surface area contributed by atoms with Gasteiger partial charge in [0.25, 0.3) is 5.91 Å². The van der Waals surface area contributed by atoms with E-state index in [1.165, 1.54) is 0 Å². The lowest BCUT2D eigenvalue weighted by Crippen LogP contribution is -2.48. The van der Waals surface area contributed by atoms with E-state index >= 15 is 0 Å². The first kappa shape index (κ1) is 21.0. The summed E-state index contributed by atoms with van der Waals surface area (Å²) in [6.07, 6.45) is 0. The van der Waals surface area contributed by atoms with Gasteiger partial charge in [-0.2, -0.15) is 0 Å². The van der Waals surface area contributed by atoms with Gasteiger partial charge < -0.3 is 14.5 Å². The molecule has 5 nitrogen and oxygen atoms in total. The average molecular weight is 462 g/mol. The number of nitrogens with zero attached hydrogens (tertiary/aromatic N) is 3. The standard InChI is InChI=1S/C22H21Cl2N3O2S/c1-15-14-30-22(25-15)27-10-8-26(9-11-27)21(28)18-4-2-3-5-20(18)29-13-16-6-7-17(23)12-19(16)24/h2-7,12,14H,8-11,13H2,1H3. The Balaban J connectivity index is 1.42. The number of carbonyl (C=O) groups is 1. The van der Waals surface area contributed by atoms with Crippen LogP contribution in [0.2, 0.25) is 10.0 Å². The van der Waals surface area contributed by atoms with Gasteiger partial charge in [0.1, 0.15) is 12.4 Å². The second-order valence-electron chi connectivity index (χ2n) is 7.07. The van der Waals surface area contributed by atoms with Crippen molar-refractivity contribution in [2.45, 2.75) is 13.5 Å². The van der Waals surface area contributed by atoms with Gasteiger partial charge in [0.05, 0.1) is 11.3 Å². The SMILES string of the molecule is Cc1csc(N2CCN(C(=O)c3ccccc3OCc3ccc(Cl)cc3Cl)CC2)n1. The van der Waals surface area contributed by atoms with E-state index in [0.717, 1.165) is 29.5 Å². The maximum absolute atomic E-state index is 13.2. The van der Waals surface area contributed by atoms with Crippen molar-refractivity contribution in [3.8, 4) is 5.75 Å². The molecule has 0 spiro atoms. The lowest BCUT2D eigenvalue weighted by molar-refractivity contribution is 0.0742. The van der Waals surface area contributed by atoms with Gasteiger partial charge in [-0.3, -0.25) is 4.79 Å². The summed E-state index contributed by atoms with van der Waals surface area (Å²) in [6.45, 7) is 5.08. The Morgan fingerprint density at radius 3 is 2.60 bits per heavy atom. The van der Waals surface area contributed by atoms with Crippen molar-refractivity contribution >= 4 is 45.6 Å². The Hall–Kier alpha value is -2.28. The number of anilines is 1. The molecule has 156 valence electrons. The second-order valence-corrected chi connectivity index (χ2v) is 8.75. The molecule has 0 bridgehead atoms. The largest absolute Gasteiger partial charge is 0.488 e. The first-order valence-corrected chi connectivity index (χ1v) is 11.3. The molecule has 0 aliphatic carbocycles. The van der Waals surface area contributed by atoms with Gasteiger partial charge in [-0.1, -0.05) is 41.4 Å². The summed E-state index contributed by atoms with van der Waals surface area (Å²) < 4.78 is 5.96. The number of amides is 1. The molecule has 4 rings (SSSR count). The molecule has 30 heavy (non-hydrogen) atoms.